The van der Waals surface area contributed by atoms with Crippen molar-refractivity contribution in [1.29, 1.82) is 0 Å². The molecule has 152 valence electrons. The number of carbonyl (C=O) groups excluding carboxylic acids is 3. The molecule has 2 amide bonds. The number of carbonyl (C=O) groups is 3. The van der Waals surface area contributed by atoms with Crippen LogP contribution in [0.4, 0.5) is 0 Å². The first-order valence-electron chi connectivity index (χ1n) is 9.09. The molecule has 0 aromatic heterocycles. The Morgan fingerprint density at radius 3 is 2.38 bits per heavy atom. The molecule has 0 saturated heterocycles. The predicted molar refractivity (Wildman–Crippen MR) is 109 cm³/mol. The molecule has 0 heterocycles. The number of para-hydroxylation sites is 1. The smallest absolute Gasteiger partial charge is 0.355 e. The summed E-state index contributed by atoms with van der Waals surface area (Å²) in [6, 6.07) is 16.5. The lowest BCUT2D eigenvalue weighted by Crippen LogP contribution is -2.32. The molecule has 2 rings (SSSR count). The summed E-state index contributed by atoms with van der Waals surface area (Å²) >= 11 is 0. The normalized spacial score (nSPS) is 10.8. The summed E-state index contributed by atoms with van der Waals surface area (Å²) in [6.07, 6.45) is 2.07. The fourth-order valence-electron chi connectivity index (χ4n) is 2.56. The summed E-state index contributed by atoms with van der Waals surface area (Å²) in [5.74, 6) is -0.886. The van der Waals surface area contributed by atoms with E-state index in [1.54, 1.807) is 31.4 Å². The van der Waals surface area contributed by atoms with Crippen molar-refractivity contribution in [3.63, 3.8) is 0 Å². The van der Waals surface area contributed by atoms with Gasteiger partial charge in [0.05, 0.1) is 7.11 Å². The maximum absolute atomic E-state index is 12.3. The third kappa shape index (κ3) is 7.50. The minimum atomic E-state index is -0.788. The van der Waals surface area contributed by atoms with Crippen LogP contribution in [0.3, 0.4) is 0 Å². The van der Waals surface area contributed by atoms with Crippen molar-refractivity contribution in [3.8, 4) is 5.75 Å². The van der Waals surface area contributed by atoms with Gasteiger partial charge in [0, 0.05) is 13.5 Å². The van der Waals surface area contributed by atoms with Crippen LogP contribution in [-0.2, 0) is 25.5 Å². The van der Waals surface area contributed by atoms with Gasteiger partial charge in [-0.2, -0.15) is 0 Å². The molecule has 7 nitrogen and oxygen atoms in total. The SMILES string of the molecule is COc1ccccc1CCNC(=O)COC(=O)/C(=C/c1ccccc1)NC(C)=O. The minimum absolute atomic E-state index is 0.0366. The van der Waals surface area contributed by atoms with Gasteiger partial charge in [0.2, 0.25) is 5.91 Å². The number of esters is 1. The first-order valence-corrected chi connectivity index (χ1v) is 9.09. The highest BCUT2D eigenvalue weighted by atomic mass is 16.5. The number of ether oxygens (including phenoxy) is 2. The Bertz CT molecular complexity index is 878. The van der Waals surface area contributed by atoms with Crippen molar-refractivity contribution in [1.82, 2.24) is 10.6 Å². The van der Waals surface area contributed by atoms with Gasteiger partial charge >= 0.3 is 5.97 Å². The fraction of sp³-hybridized carbons (Fsp3) is 0.227. The maximum atomic E-state index is 12.3. The van der Waals surface area contributed by atoms with E-state index >= 15 is 0 Å². The van der Waals surface area contributed by atoms with Crippen LogP contribution in [0.1, 0.15) is 18.1 Å². The molecule has 2 aromatic carbocycles. The van der Waals surface area contributed by atoms with Crippen LogP contribution in [-0.4, -0.2) is 38.0 Å². The Morgan fingerprint density at radius 1 is 1.00 bits per heavy atom. The quantitative estimate of drug-likeness (QED) is 0.500. The second-order valence-corrected chi connectivity index (χ2v) is 6.14. The van der Waals surface area contributed by atoms with E-state index in [1.807, 2.05) is 30.3 Å². The average Bonchev–Trinajstić information content (AvgIpc) is 2.72. The number of hydrogen-bond acceptors (Lipinski definition) is 5. The van der Waals surface area contributed by atoms with Gasteiger partial charge in [0.25, 0.3) is 5.91 Å². The summed E-state index contributed by atoms with van der Waals surface area (Å²) < 4.78 is 10.3. The maximum Gasteiger partial charge on any atom is 0.355 e. The molecule has 0 fully saturated rings. The summed E-state index contributed by atoms with van der Waals surface area (Å²) in [7, 11) is 1.59. The van der Waals surface area contributed by atoms with Crippen molar-refractivity contribution in [2.45, 2.75) is 13.3 Å². The van der Waals surface area contributed by atoms with Crippen molar-refractivity contribution >= 4 is 23.9 Å². The second-order valence-electron chi connectivity index (χ2n) is 6.14. The zero-order valence-corrected chi connectivity index (χ0v) is 16.4. The first-order chi connectivity index (χ1) is 14.0. The number of amides is 2. The molecule has 0 unspecified atom stereocenters. The van der Waals surface area contributed by atoms with E-state index in [-0.39, 0.29) is 5.70 Å². The summed E-state index contributed by atoms with van der Waals surface area (Å²) in [6.45, 7) is 1.21. The first kappa shape index (κ1) is 21.7. The Morgan fingerprint density at radius 2 is 1.69 bits per heavy atom. The molecule has 2 N–H and O–H groups in total. The van der Waals surface area contributed by atoms with Gasteiger partial charge in [-0.3, -0.25) is 9.59 Å². The number of hydrogen-bond donors (Lipinski definition) is 2. The van der Waals surface area contributed by atoms with Crippen LogP contribution in [0.25, 0.3) is 6.08 Å². The zero-order valence-electron chi connectivity index (χ0n) is 16.4. The van der Waals surface area contributed by atoms with Crippen molar-refractivity contribution in [2.24, 2.45) is 0 Å². The lowest BCUT2D eigenvalue weighted by molar-refractivity contribution is -0.145. The summed E-state index contributed by atoms with van der Waals surface area (Å²) in [5.41, 5.74) is 1.64. The second kappa shape index (κ2) is 11.3. The Kier molecular flexibility index (Phi) is 8.44. The van der Waals surface area contributed by atoms with Gasteiger partial charge in [-0.05, 0) is 29.7 Å². The highest BCUT2D eigenvalue weighted by Gasteiger charge is 2.15. The van der Waals surface area contributed by atoms with Crippen LogP contribution in [0.15, 0.2) is 60.3 Å². The van der Waals surface area contributed by atoms with Gasteiger partial charge in [-0.1, -0.05) is 48.5 Å². The molecule has 0 bridgehead atoms. The lowest BCUT2D eigenvalue weighted by atomic mass is 10.1. The van der Waals surface area contributed by atoms with Crippen LogP contribution in [0.2, 0.25) is 0 Å². The van der Waals surface area contributed by atoms with E-state index in [0.717, 1.165) is 16.9 Å². The number of nitrogens with one attached hydrogen (secondary N) is 2. The average molecular weight is 396 g/mol. The lowest BCUT2D eigenvalue weighted by Gasteiger charge is -2.11. The molecule has 0 aliphatic heterocycles. The van der Waals surface area contributed by atoms with Crippen LogP contribution in [0.5, 0.6) is 5.75 Å². The van der Waals surface area contributed by atoms with E-state index < -0.39 is 24.4 Å². The highest BCUT2D eigenvalue weighted by Crippen LogP contribution is 2.17. The predicted octanol–water partition coefficient (Wildman–Crippen LogP) is 2.07. The van der Waals surface area contributed by atoms with Gasteiger partial charge in [0.15, 0.2) is 6.61 Å². The molecule has 0 aliphatic carbocycles. The third-order valence-corrected chi connectivity index (χ3v) is 3.88. The molecule has 0 spiro atoms. The minimum Gasteiger partial charge on any atom is -0.496 e. The topological polar surface area (TPSA) is 93.7 Å². The zero-order chi connectivity index (χ0) is 21.1. The Hall–Kier alpha value is -3.61. The van der Waals surface area contributed by atoms with Crippen molar-refractivity contribution < 1.29 is 23.9 Å². The van der Waals surface area contributed by atoms with E-state index in [0.29, 0.717) is 13.0 Å². The molecule has 0 atom stereocenters. The highest BCUT2D eigenvalue weighted by molar-refractivity contribution is 5.98. The van der Waals surface area contributed by atoms with E-state index in [1.165, 1.54) is 13.0 Å². The molecule has 0 radical (unpaired) electrons. The van der Waals surface area contributed by atoms with Gasteiger partial charge in [0.1, 0.15) is 11.4 Å². The van der Waals surface area contributed by atoms with Crippen molar-refractivity contribution in [3.05, 3.63) is 71.4 Å². The number of rotatable bonds is 9. The number of methoxy groups -OCH3 is 1. The molecule has 0 aliphatic rings. The molecule has 7 heteroatoms. The molecular weight excluding hydrogens is 372 g/mol. The van der Waals surface area contributed by atoms with Crippen molar-refractivity contribution in [2.75, 3.05) is 20.3 Å². The van der Waals surface area contributed by atoms with E-state index in [9.17, 15) is 14.4 Å². The van der Waals surface area contributed by atoms with E-state index in [4.69, 9.17) is 9.47 Å². The molecular formula is C22H24N2O5. The summed E-state index contributed by atoms with van der Waals surface area (Å²) in [4.78, 5) is 35.6. The van der Waals surface area contributed by atoms with E-state index in [2.05, 4.69) is 10.6 Å². The largest absolute Gasteiger partial charge is 0.496 e. The van der Waals surface area contributed by atoms with Gasteiger partial charge in [-0.15, -0.1) is 0 Å². The Labute approximate surface area is 169 Å². The van der Waals surface area contributed by atoms with Gasteiger partial charge in [-0.25, -0.2) is 4.79 Å². The Balaban J connectivity index is 1.86. The summed E-state index contributed by atoms with van der Waals surface area (Å²) in [5, 5.41) is 5.12. The molecule has 29 heavy (non-hydrogen) atoms. The van der Waals surface area contributed by atoms with Gasteiger partial charge < -0.3 is 20.1 Å². The monoisotopic (exact) mass is 396 g/mol. The number of benzene rings is 2. The third-order valence-electron chi connectivity index (χ3n) is 3.88. The fourth-order valence-corrected chi connectivity index (χ4v) is 2.56. The van der Waals surface area contributed by atoms with Crippen LogP contribution < -0.4 is 15.4 Å². The standard InChI is InChI=1S/C22H24N2O5/c1-16(25)24-19(14-17-8-4-3-5-9-17)22(27)29-15-21(26)23-13-12-18-10-6-7-11-20(18)28-2/h3-11,14H,12-13,15H2,1-2H3,(H,23,26)(H,24,25)/b19-14-. The van der Waals surface area contributed by atoms with Crippen LogP contribution in [0, 0.1) is 0 Å². The van der Waals surface area contributed by atoms with Crippen LogP contribution >= 0.6 is 0 Å². The molecule has 0 saturated carbocycles. The molecule has 2 aromatic rings.